The summed E-state index contributed by atoms with van der Waals surface area (Å²) >= 11 is 0. The van der Waals surface area contributed by atoms with Crippen LogP contribution < -0.4 is 0 Å². The second-order valence-electron chi connectivity index (χ2n) is 2.94. The standard InChI is InChI=1S/C5H12O9P2/c1-14-4(6)2-3-5(7,15(8,9)10)16(11,12)13/h7H,2-3H2,1H3,(H2,8,9,10)(H2,11,12,13). The number of aliphatic hydroxyl groups is 1. The van der Waals surface area contributed by atoms with E-state index in [9.17, 15) is 19.0 Å². The number of hydrogen-bond acceptors (Lipinski definition) is 5. The molecule has 16 heavy (non-hydrogen) atoms. The first-order valence-corrected chi connectivity index (χ1v) is 7.08. The summed E-state index contributed by atoms with van der Waals surface area (Å²) in [5.74, 6) is -0.958. The van der Waals surface area contributed by atoms with Crippen molar-refractivity contribution in [1.29, 1.82) is 0 Å². The van der Waals surface area contributed by atoms with Crippen molar-refractivity contribution < 1.29 is 43.3 Å². The Morgan fingerprint density at radius 3 is 1.81 bits per heavy atom. The van der Waals surface area contributed by atoms with Crippen LogP contribution in [0.15, 0.2) is 0 Å². The van der Waals surface area contributed by atoms with Crippen LogP contribution in [0, 0.1) is 0 Å². The fourth-order valence-corrected chi connectivity index (χ4v) is 3.00. The van der Waals surface area contributed by atoms with Gasteiger partial charge in [-0.25, -0.2) is 0 Å². The van der Waals surface area contributed by atoms with E-state index in [2.05, 4.69) is 4.74 Å². The zero-order chi connectivity index (χ0) is 13.2. The van der Waals surface area contributed by atoms with Crippen molar-refractivity contribution in [3.63, 3.8) is 0 Å². The van der Waals surface area contributed by atoms with E-state index in [-0.39, 0.29) is 0 Å². The summed E-state index contributed by atoms with van der Waals surface area (Å²) in [6.07, 6.45) is -1.84. The van der Waals surface area contributed by atoms with Gasteiger partial charge >= 0.3 is 21.2 Å². The van der Waals surface area contributed by atoms with Crippen LogP contribution in [0.3, 0.4) is 0 Å². The fourth-order valence-electron chi connectivity index (χ4n) is 0.833. The first-order valence-electron chi connectivity index (χ1n) is 3.86. The normalized spacial score (nSPS) is 13.6. The summed E-state index contributed by atoms with van der Waals surface area (Å²) < 4.78 is 25.7. The first-order chi connectivity index (χ1) is 6.95. The van der Waals surface area contributed by atoms with Crippen LogP contribution in [0.2, 0.25) is 0 Å². The summed E-state index contributed by atoms with van der Waals surface area (Å²) in [7, 11) is -10.0. The van der Waals surface area contributed by atoms with Gasteiger partial charge in [-0.2, -0.15) is 0 Å². The molecule has 11 heteroatoms. The molecule has 0 saturated heterocycles. The van der Waals surface area contributed by atoms with Gasteiger partial charge in [-0.05, 0) is 0 Å². The van der Waals surface area contributed by atoms with Crippen molar-refractivity contribution in [1.82, 2.24) is 0 Å². The van der Waals surface area contributed by atoms with Crippen molar-refractivity contribution in [3.8, 4) is 0 Å². The Bertz CT molecular complexity index is 329. The Hall–Kier alpha value is -0.270. The van der Waals surface area contributed by atoms with Gasteiger partial charge in [0.15, 0.2) is 0 Å². The lowest BCUT2D eigenvalue weighted by Gasteiger charge is -2.28. The SMILES string of the molecule is COC(=O)CCC(O)(P(=O)(O)O)P(=O)(O)O. The van der Waals surface area contributed by atoms with E-state index in [1.165, 1.54) is 0 Å². The molecule has 0 aromatic carbocycles. The van der Waals surface area contributed by atoms with E-state index in [0.717, 1.165) is 7.11 Å². The average molecular weight is 278 g/mol. The minimum atomic E-state index is -5.49. The zero-order valence-electron chi connectivity index (χ0n) is 8.18. The minimum absolute atomic E-state index is 0.733. The predicted molar refractivity (Wildman–Crippen MR) is 50.3 cm³/mol. The smallest absolute Gasteiger partial charge is 0.369 e. The van der Waals surface area contributed by atoms with Crippen LogP contribution in [0.5, 0.6) is 0 Å². The highest BCUT2D eigenvalue weighted by molar-refractivity contribution is 7.72. The van der Waals surface area contributed by atoms with Crippen molar-refractivity contribution in [2.24, 2.45) is 0 Å². The predicted octanol–water partition coefficient (Wildman–Crippen LogP) is -1.06. The van der Waals surface area contributed by atoms with Gasteiger partial charge in [0.1, 0.15) is 0 Å². The Kier molecular flexibility index (Phi) is 4.85. The molecule has 0 aromatic heterocycles. The molecule has 0 aliphatic rings. The molecule has 0 rings (SSSR count). The second kappa shape index (κ2) is 4.93. The zero-order valence-corrected chi connectivity index (χ0v) is 9.97. The van der Waals surface area contributed by atoms with Crippen LogP contribution in [-0.2, 0) is 18.7 Å². The lowest BCUT2D eigenvalue weighted by Crippen LogP contribution is -2.29. The molecule has 9 nitrogen and oxygen atoms in total. The summed E-state index contributed by atoms with van der Waals surface area (Å²) in [5, 5.41) is 5.73. The van der Waals surface area contributed by atoms with Crippen molar-refractivity contribution in [3.05, 3.63) is 0 Å². The monoisotopic (exact) mass is 278 g/mol. The van der Waals surface area contributed by atoms with Crippen LogP contribution in [-0.4, -0.2) is 42.8 Å². The molecule has 5 N–H and O–H groups in total. The number of ether oxygens (including phenoxy) is 1. The quantitative estimate of drug-likeness (QED) is 0.311. The van der Waals surface area contributed by atoms with E-state index in [1.54, 1.807) is 0 Å². The third kappa shape index (κ3) is 3.36. The summed E-state index contributed by atoms with van der Waals surface area (Å²) in [5.41, 5.74) is 0. The number of rotatable bonds is 5. The number of methoxy groups -OCH3 is 1. The van der Waals surface area contributed by atoms with Crippen LogP contribution in [0.1, 0.15) is 12.8 Å². The first kappa shape index (κ1) is 15.7. The molecule has 0 bridgehead atoms. The molecule has 0 fully saturated rings. The molecule has 0 saturated carbocycles. The molecule has 0 heterocycles. The maximum absolute atomic E-state index is 10.8. The molecule has 0 aromatic rings. The van der Waals surface area contributed by atoms with Gasteiger partial charge in [0.2, 0.25) is 0 Å². The Morgan fingerprint density at radius 2 is 1.56 bits per heavy atom. The summed E-state index contributed by atoms with van der Waals surface area (Å²) in [4.78, 5) is 45.4. The van der Waals surface area contributed by atoms with Crippen LogP contribution >= 0.6 is 15.2 Å². The van der Waals surface area contributed by atoms with Gasteiger partial charge < -0.3 is 29.4 Å². The van der Waals surface area contributed by atoms with E-state index in [4.69, 9.17) is 19.6 Å². The van der Waals surface area contributed by atoms with Gasteiger partial charge in [0.05, 0.1) is 7.11 Å². The molecule has 0 aliphatic carbocycles. The largest absolute Gasteiger partial charge is 0.469 e. The minimum Gasteiger partial charge on any atom is -0.469 e. The van der Waals surface area contributed by atoms with Crippen molar-refractivity contribution >= 4 is 21.2 Å². The highest BCUT2D eigenvalue weighted by atomic mass is 31.2. The Morgan fingerprint density at radius 1 is 1.19 bits per heavy atom. The van der Waals surface area contributed by atoms with Crippen molar-refractivity contribution in [2.45, 2.75) is 17.9 Å². The molecule has 96 valence electrons. The Balaban J connectivity index is 5.08. The van der Waals surface area contributed by atoms with E-state index >= 15 is 0 Å². The number of carbonyl (C=O) groups excluding carboxylic acids is 1. The maximum atomic E-state index is 10.8. The third-order valence-corrected chi connectivity index (χ3v) is 5.70. The molecule has 0 amide bonds. The lowest BCUT2D eigenvalue weighted by atomic mass is 10.3. The van der Waals surface area contributed by atoms with Gasteiger partial charge in [-0.15, -0.1) is 0 Å². The molecule has 0 radical (unpaired) electrons. The van der Waals surface area contributed by atoms with Gasteiger partial charge in [0, 0.05) is 12.8 Å². The van der Waals surface area contributed by atoms with Gasteiger partial charge in [0.25, 0.3) is 5.08 Å². The summed E-state index contributed by atoms with van der Waals surface area (Å²) in [6, 6.07) is 0. The molecular weight excluding hydrogens is 266 g/mol. The molecule has 0 unspecified atom stereocenters. The molecule has 0 atom stereocenters. The van der Waals surface area contributed by atoms with Gasteiger partial charge in [-0.3, -0.25) is 13.9 Å². The molecular formula is C5H12O9P2. The highest BCUT2D eigenvalue weighted by Crippen LogP contribution is 2.69. The Labute approximate surface area is 90.4 Å². The number of esters is 1. The van der Waals surface area contributed by atoms with E-state index < -0.39 is 39.1 Å². The number of carbonyl (C=O) groups is 1. The van der Waals surface area contributed by atoms with Crippen LogP contribution in [0.25, 0.3) is 0 Å². The third-order valence-electron chi connectivity index (χ3n) is 1.83. The van der Waals surface area contributed by atoms with Crippen molar-refractivity contribution in [2.75, 3.05) is 7.11 Å². The topological polar surface area (TPSA) is 162 Å². The molecule has 0 spiro atoms. The average Bonchev–Trinajstić information content (AvgIpc) is 2.09. The van der Waals surface area contributed by atoms with Gasteiger partial charge in [-0.1, -0.05) is 0 Å². The van der Waals surface area contributed by atoms with E-state index in [1.807, 2.05) is 0 Å². The second-order valence-corrected chi connectivity index (χ2v) is 6.95. The summed E-state index contributed by atoms with van der Waals surface area (Å²) in [6.45, 7) is 0. The lowest BCUT2D eigenvalue weighted by molar-refractivity contribution is -0.141. The van der Waals surface area contributed by atoms with E-state index in [0.29, 0.717) is 0 Å². The highest BCUT2D eigenvalue weighted by Gasteiger charge is 2.59. The van der Waals surface area contributed by atoms with Crippen LogP contribution in [0.4, 0.5) is 0 Å². The number of hydrogen-bond donors (Lipinski definition) is 5. The fraction of sp³-hybridized carbons (Fsp3) is 0.800. The maximum Gasteiger partial charge on any atom is 0.369 e. The molecule has 0 aliphatic heterocycles.